The summed E-state index contributed by atoms with van der Waals surface area (Å²) < 4.78 is 56.9. The Bertz CT molecular complexity index is 1110. The molecule has 0 aliphatic heterocycles. The molecule has 0 heterocycles. The number of anilines is 1. The molecule has 0 bridgehead atoms. The van der Waals surface area contributed by atoms with Crippen LogP contribution in [0.15, 0.2) is 36.4 Å². The van der Waals surface area contributed by atoms with Gasteiger partial charge in [0.1, 0.15) is 17.2 Å². The highest BCUT2D eigenvalue weighted by atomic mass is 19.3. The van der Waals surface area contributed by atoms with Gasteiger partial charge in [-0.1, -0.05) is 0 Å². The Morgan fingerprint density at radius 2 is 1.40 bits per heavy atom. The van der Waals surface area contributed by atoms with Crippen LogP contribution in [0.2, 0.25) is 0 Å². The van der Waals surface area contributed by atoms with E-state index in [1.165, 1.54) is 52.7 Å². The van der Waals surface area contributed by atoms with Crippen LogP contribution in [0, 0.1) is 0 Å². The second-order valence-corrected chi connectivity index (χ2v) is 6.59. The number of carbonyl (C=O) groups excluding carboxylic acids is 3. The van der Waals surface area contributed by atoms with Gasteiger partial charge in [0.25, 0.3) is 0 Å². The largest absolute Gasteiger partial charge is 0.496 e. The van der Waals surface area contributed by atoms with E-state index in [0.29, 0.717) is 29.9 Å². The molecular formula is C23H23F2NO9. The van der Waals surface area contributed by atoms with Gasteiger partial charge in [-0.25, -0.2) is 9.59 Å². The molecule has 0 aliphatic carbocycles. The Labute approximate surface area is 199 Å². The first-order chi connectivity index (χ1) is 16.6. The van der Waals surface area contributed by atoms with Gasteiger partial charge in [-0.15, -0.1) is 0 Å². The lowest BCUT2D eigenvalue weighted by atomic mass is 10.1. The van der Waals surface area contributed by atoms with Crippen LogP contribution in [-0.2, 0) is 19.1 Å². The van der Waals surface area contributed by atoms with Gasteiger partial charge in [-0.2, -0.15) is 8.78 Å². The smallest absolute Gasteiger partial charge is 0.437 e. The Balaban J connectivity index is 2.25. The van der Waals surface area contributed by atoms with Crippen molar-refractivity contribution in [3.05, 3.63) is 42.0 Å². The van der Waals surface area contributed by atoms with Gasteiger partial charge in [0.15, 0.2) is 11.5 Å². The molecule has 2 aromatic rings. The number of hydrogen-bond donors (Lipinski definition) is 1. The van der Waals surface area contributed by atoms with Crippen LogP contribution in [0.5, 0.6) is 28.7 Å². The van der Waals surface area contributed by atoms with Crippen molar-refractivity contribution < 1.29 is 51.6 Å². The summed E-state index contributed by atoms with van der Waals surface area (Å²) in [5.41, 5.74) is 0.540. The van der Waals surface area contributed by atoms with E-state index in [0.717, 1.165) is 6.07 Å². The fraction of sp³-hybridized carbons (Fsp3) is 0.261. The highest BCUT2D eigenvalue weighted by Crippen LogP contribution is 2.35. The average Bonchev–Trinajstić information content (AvgIpc) is 2.86. The zero-order valence-corrected chi connectivity index (χ0v) is 19.5. The molecule has 2 rings (SSSR count). The molecule has 188 valence electrons. The third-order valence-corrected chi connectivity index (χ3v) is 4.49. The number of nitrogens with one attached hydrogen (secondary N) is 1. The fourth-order valence-corrected chi connectivity index (χ4v) is 2.75. The van der Waals surface area contributed by atoms with Crippen molar-refractivity contribution in [1.82, 2.24) is 0 Å². The number of esters is 2. The summed E-state index contributed by atoms with van der Waals surface area (Å²) in [6, 6.07) is 6.94. The number of carbonyl (C=O) groups is 3. The molecule has 35 heavy (non-hydrogen) atoms. The van der Waals surface area contributed by atoms with Crippen LogP contribution in [0.25, 0.3) is 6.08 Å². The number of alkyl halides is 2. The Morgan fingerprint density at radius 1 is 0.800 bits per heavy atom. The number of benzene rings is 2. The van der Waals surface area contributed by atoms with Gasteiger partial charge >= 0.3 is 17.9 Å². The lowest BCUT2D eigenvalue weighted by Crippen LogP contribution is -2.41. The molecule has 1 N–H and O–H groups in total. The van der Waals surface area contributed by atoms with Crippen LogP contribution in [-0.4, -0.2) is 59.3 Å². The zero-order valence-electron chi connectivity index (χ0n) is 19.5. The Hall–Kier alpha value is -4.35. The van der Waals surface area contributed by atoms with E-state index in [1.54, 1.807) is 12.1 Å². The highest BCUT2D eigenvalue weighted by molar-refractivity contribution is 6.03. The molecule has 10 nitrogen and oxygen atoms in total. The quantitative estimate of drug-likeness (QED) is 0.230. The maximum atomic E-state index is 13.8. The van der Waals surface area contributed by atoms with Gasteiger partial charge in [0.2, 0.25) is 5.91 Å². The van der Waals surface area contributed by atoms with E-state index in [-0.39, 0.29) is 11.4 Å². The fourth-order valence-electron chi connectivity index (χ4n) is 2.75. The van der Waals surface area contributed by atoms with Gasteiger partial charge in [0.05, 0.1) is 41.1 Å². The monoisotopic (exact) mass is 495 g/mol. The van der Waals surface area contributed by atoms with Crippen molar-refractivity contribution in [2.24, 2.45) is 0 Å². The highest BCUT2D eigenvalue weighted by Gasteiger charge is 2.51. The Morgan fingerprint density at radius 3 is 1.91 bits per heavy atom. The number of ether oxygens (including phenoxy) is 6. The van der Waals surface area contributed by atoms with Gasteiger partial charge in [0, 0.05) is 30.0 Å². The molecule has 0 atom stereocenters. The van der Waals surface area contributed by atoms with E-state index in [9.17, 15) is 23.2 Å². The van der Waals surface area contributed by atoms with Gasteiger partial charge in [-0.3, -0.25) is 4.79 Å². The molecule has 0 saturated carbocycles. The number of halogens is 2. The predicted octanol–water partition coefficient (Wildman–Crippen LogP) is 3.09. The lowest BCUT2D eigenvalue weighted by molar-refractivity contribution is -0.183. The number of hydrogen-bond acceptors (Lipinski definition) is 9. The SMILES string of the molecule is COC(=O)C(F)(F)C(=O)Oc1cc(NC(=O)C=Cc2c(OC)cc(OC)cc2OC)ccc1OC. The lowest BCUT2D eigenvalue weighted by Gasteiger charge is -2.15. The second kappa shape index (κ2) is 11.7. The number of amides is 1. The Kier molecular flexibility index (Phi) is 8.98. The van der Waals surface area contributed by atoms with E-state index in [2.05, 4.69) is 14.8 Å². The summed E-state index contributed by atoms with van der Waals surface area (Å²) in [4.78, 5) is 35.4. The summed E-state index contributed by atoms with van der Waals surface area (Å²) in [7, 11) is 6.27. The molecule has 0 spiro atoms. The minimum Gasteiger partial charge on any atom is -0.496 e. The van der Waals surface area contributed by atoms with Crippen molar-refractivity contribution in [3.8, 4) is 28.7 Å². The molecule has 0 fully saturated rings. The molecule has 1 amide bonds. The maximum Gasteiger partial charge on any atom is 0.437 e. The molecule has 0 unspecified atom stereocenters. The van der Waals surface area contributed by atoms with Crippen molar-refractivity contribution in [1.29, 1.82) is 0 Å². The van der Waals surface area contributed by atoms with Gasteiger partial charge in [-0.05, 0) is 18.2 Å². The first-order valence-corrected chi connectivity index (χ1v) is 9.76. The van der Waals surface area contributed by atoms with E-state index >= 15 is 0 Å². The standard InChI is InChI=1S/C23H23F2NO9/c1-30-14-11-17(32-3)15(18(12-14)33-4)7-9-20(27)26-13-6-8-16(31-2)19(10-13)35-22(29)23(24,25)21(28)34-5/h6-12H,1-5H3,(H,26,27). The minimum atomic E-state index is -4.54. The van der Waals surface area contributed by atoms with Crippen LogP contribution in [0.4, 0.5) is 14.5 Å². The zero-order chi connectivity index (χ0) is 26.2. The topological polar surface area (TPSA) is 119 Å². The number of rotatable bonds is 10. The summed E-state index contributed by atoms with van der Waals surface area (Å²) in [6.07, 6.45) is 2.61. The molecule has 0 aliphatic rings. The number of methoxy groups -OCH3 is 5. The van der Waals surface area contributed by atoms with E-state index in [1.807, 2.05) is 0 Å². The third kappa shape index (κ3) is 6.37. The predicted molar refractivity (Wildman–Crippen MR) is 119 cm³/mol. The molecular weight excluding hydrogens is 472 g/mol. The molecule has 2 aromatic carbocycles. The summed E-state index contributed by atoms with van der Waals surface area (Å²) in [6.45, 7) is 0. The van der Waals surface area contributed by atoms with Crippen LogP contribution >= 0.6 is 0 Å². The summed E-state index contributed by atoms with van der Waals surface area (Å²) in [5, 5.41) is 2.49. The maximum absolute atomic E-state index is 13.8. The van der Waals surface area contributed by atoms with E-state index in [4.69, 9.17) is 18.9 Å². The van der Waals surface area contributed by atoms with Crippen molar-refractivity contribution in [2.75, 3.05) is 40.9 Å². The first kappa shape index (κ1) is 26.9. The molecule has 0 radical (unpaired) electrons. The van der Waals surface area contributed by atoms with Gasteiger partial charge < -0.3 is 33.7 Å². The second-order valence-electron chi connectivity index (χ2n) is 6.59. The molecule has 12 heteroatoms. The van der Waals surface area contributed by atoms with Crippen LogP contribution in [0.1, 0.15) is 5.56 Å². The van der Waals surface area contributed by atoms with Crippen LogP contribution in [0.3, 0.4) is 0 Å². The van der Waals surface area contributed by atoms with Crippen molar-refractivity contribution >= 4 is 29.6 Å². The van der Waals surface area contributed by atoms with Crippen molar-refractivity contribution in [2.45, 2.75) is 5.92 Å². The summed E-state index contributed by atoms with van der Waals surface area (Å²) in [5.74, 6) is -8.72. The normalized spacial score (nSPS) is 10.9. The molecule has 0 aromatic heterocycles. The average molecular weight is 495 g/mol. The minimum absolute atomic E-state index is 0.0818. The first-order valence-electron chi connectivity index (χ1n) is 9.76. The van der Waals surface area contributed by atoms with E-state index < -0.39 is 29.5 Å². The summed E-state index contributed by atoms with van der Waals surface area (Å²) >= 11 is 0. The molecule has 0 saturated heterocycles. The van der Waals surface area contributed by atoms with Crippen molar-refractivity contribution in [3.63, 3.8) is 0 Å². The third-order valence-electron chi connectivity index (χ3n) is 4.49. The van der Waals surface area contributed by atoms with Crippen LogP contribution < -0.4 is 29.0 Å².